The van der Waals surface area contributed by atoms with Gasteiger partial charge in [0.1, 0.15) is 11.6 Å². The van der Waals surface area contributed by atoms with Gasteiger partial charge in [0.2, 0.25) is 0 Å². The number of sulfonamides is 1. The summed E-state index contributed by atoms with van der Waals surface area (Å²) in [4.78, 5) is 12.0. The molecule has 0 heterocycles. The van der Waals surface area contributed by atoms with E-state index in [0.717, 1.165) is 12.1 Å². The highest BCUT2D eigenvalue weighted by molar-refractivity contribution is 7.93. The number of amides is 1. The smallest absolute Gasteiger partial charge is 0.268 e. The third-order valence-electron chi connectivity index (χ3n) is 3.52. The van der Waals surface area contributed by atoms with Gasteiger partial charge in [-0.2, -0.15) is 26.3 Å². The Morgan fingerprint density at radius 3 is 2.07 bits per heavy atom. The average molecular weight is 459 g/mol. The Labute approximate surface area is 163 Å². The van der Waals surface area contributed by atoms with Gasteiger partial charge in [0.05, 0.1) is 22.1 Å². The minimum Gasteiger partial charge on any atom is -0.268 e. The van der Waals surface area contributed by atoms with E-state index in [4.69, 9.17) is 0 Å². The normalized spacial score (nSPS) is 12.9. The predicted octanol–water partition coefficient (Wildman–Crippen LogP) is 4.73. The molecule has 0 atom stereocenters. The lowest BCUT2D eigenvalue weighted by molar-refractivity contribution is -0.143. The number of rotatable bonds is 4. The molecule has 0 saturated heterocycles. The number of carbonyl (C=O) groups is 1. The maximum Gasteiger partial charge on any atom is 0.417 e. The maximum absolute atomic E-state index is 13.5. The molecular formula is C17H9F8NO3S. The lowest BCUT2D eigenvalue weighted by Gasteiger charge is -2.15. The lowest BCUT2D eigenvalue weighted by atomic mass is 10.0. The van der Waals surface area contributed by atoms with Crippen molar-refractivity contribution in [2.45, 2.75) is 12.4 Å². The van der Waals surface area contributed by atoms with E-state index in [2.05, 4.69) is 0 Å². The van der Waals surface area contributed by atoms with E-state index >= 15 is 0 Å². The monoisotopic (exact) mass is 459 g/mol. The molecule has 4 nitrogen and oxygen atoms in total. The number of halogens is 8. The molecule has 1 amide bonds. The largest absolute Gasteiger partial charge is 0.417 e. The van der Waals surface area contributed by atoms with Crippen molar-refractivity contribution in [1.29, 1.82) is 0 Å². The fourth-order valence-electron chi connectivity index (χ4n) is 2.17. The molecule has 1 N–H and O–H groups in total. The van der Waals surface area contributed by atoms with Crippen molar-refractivity contribution in [2.24, 2.45) is 0 Å². The molecule has 0 aliphatic carbocycles. The topological polar surface area (TPSA) is 63.2 Å². The van der Waals surface area contributed by atoms with Gasteiger partial charge in [-0.05, 0) is 36.4 Å². The van der Waals surface area contributed by atoms with Crippen molar-refractivity contribution in [3.05, 3.63) is 75.7 Å². The Morgan fingerprint density at radius 1 is 0.900 bits per heavy atom. The second-order valence-corrected chi connectivity index (χ2v) is 7.27. The zero-order valence-electron chi connectivity index (χ0n) is 14.3. The molecule has 0 saturated carbocycles. The molecule has 0 unspecified atom stereocenters. The fraction of sp³-hybridized carbons (Fsp3) is 0.118. The third-order valence-corrected chi connectivity index (χ3v) is 4.49. The minimum absolute atomic E-state index is 0.180. The molecule has 0 spiro atoms. The first kappa shape index (κ1) is 23.3. The van der Waals surface area contributed by atoms with E-state index in [0.29, 0.717) is 12.1 Å². The van der Waals surface area contributed by atoms with E-state index in [1.807, 2.05) is 0 Å². The number of nitrogens with one attached hydrogen (secondary N) is 1. The SMILES string of the molecule is O=C(NS(=O)(=O)/C=C/c1ccc(F)cc1F)c1ccc(C(F)(F)F)cc1C(F)(F)F. The molecule has 30 heavy (non-hydrogen) atoms. The van der Waals surface area contributed by atoms with Crippen molar-refractivity contribution in [3.8, 4) is 0 Å². The van der Waals surface area contributed by atoms with Gasteiger partial charge in [-0.3, -0.25) is 4.79 Å². The van der Waals surface area contributed by atoms with Crippen LogP contribution in [0, 0.1) is 11.6 Å². The summed E-state index contributed by atoms with van der Waals surface area (Å²) in [6.07, 6.45) is -9.93. The maximum atomic E-state index is 13.5. The standard InChI is InChI=1S/C17H9F8NO3S/c18-11-3-1-9(14(19)8-11)5-6-30(28,29)26-15(27)12-4-2-10(16(20,21)22)7-13(12)17(23,24)25/h1-8H,(H,26,27)/b6-5+. The second-order valence-electron chi connectivity index (χ2n) is 5.70. The average Bonchev–Trinajstić information content (AvgIpc) is 2.58. The van der Waals surface area contributed by atoms with Crippen LogP contribution >= 0.6 is 0 Å². The van der Waals surface area contributed by atoms with E-state index in [1.165, 1.54) is 4.72 Å². The summed E-state index contributed by atoms with van der Waals surface area (Å²) in [5.41, 5.74) is -5.49. The number of carbonyl (C=O) groups excluding carboxylic acids is 1. The van der Waals surface area contributed by atoms with Gasteiger partial charge in [0.15, 0.2) is 0 Å². The van der Waals surface area contributed by atoms with E-state index in [1.54, 1.807) is 0 Å². The van der Waals surface area contributed by atoms with E-state index < -0.39 is 62.2 Å². The zero-order chi connectivity index (χ0) is 22.9. The molecule has 0 aliphatic rings. The van der Waals surface area contributed by atoms with Gasteiger partial charge < -0.3 is 0 Å². The van der Waals surface area contributed by atoms with Crippen LogP contribution in [0.4, 0.5) is 35.1 Å². The molecule has 0 bridgehead atoms. The highest BCUT2D eigenvalue weighted by Crippen LogP contribution is 2.37. The van der Waals surface area contributed by atoms with Crippen LogP contribution in [0.15, 0.2) is 41.8 Å². The zero-order valence-corrected chi connectivity index (χ0v) is 15.1. The summed E-state index contributed by atoms with van der Waals surface area (Å²) in [7, 11) is -4.78. The molecule has 13 heteroatoms. The van der Waals surface area contributed by atoms with E-state index in [-0.39, 0.29) is 23.6 Å². The van der Waals surface area contributed by atoms with Crippen molar-refractivity contribution in [1.82, 2.24) is 4.72 Å². The molecule has 2 aromatic carbocycles. The first-order valence-corrected chi connectivity index (χ1v) is 9.13. The first-order chi connectivity index (χ1) is 13.6. The van der Waals surface area contributed by atoms with Crippen LogP contribution < -0.4 is 4.72 Å². The van der Waals surface area contributed by atoms with Crippen LogP contribution in [0.3, 0.4) is 0 Å². The van der Waals surface area contributed by atoms with Crippen molar-refractivity contribution >= 4 is 22.0 Å². The number of hydrogen-bond acceptors (Lipinski definition) is 3. The molecule has 162 valence electrons. The Balaban J connectivity index is 2.35. The van der Waals surface area contributed by atoms with Crippen LogP contribution in [-0.2, 0) is 22.4 Å². The molecule has 2 rings (SSSR count). The summed E-state index contributed by atoms with van der Waals surface area (Å²) in [5.74, 6) is -3.97. The van der Waals surface area contributed by atoms with Gasteiger partial charge >= 0.3 is 12.4 Å². The molecule has 0 aliphatic heterocycles. The van der Waals surface area contributed by atoms with Gasteiger partial charge in [-0.25, -0.2) is 21.9 Å². The van der Waals surface area contributed by atoms with Crippen LogP contribution in [0.2, 0.25) is 0 Å². The molecule has 2 aromatic rings. The summed E-state index contributed by atoms with van der Waals surface area (Å²) < 4.78 is 128. The Bertz CT molecular complexity index is 1100. The molecular weight excluding hydrogens is 450 g/mol. The number of alkyl halides is 6. The quantitative estimate of drug-likeness (QED) is 0.673. The molecule has 0 aromatic heterocycles. The Morgan fingerprint density at radius 2 is 1.53 bits per heavy atom. The lowest BCUT2D eigenvalue weighted by Crippen LogP contribution is -2.31. The van der Waals surface area contributed by atoms with Crippen LogP contribution in [0.25, 0.3) is 6.08 Å². The third kappa shape index (κ3) is 5.78. The Hall–Kier alpha value is -2.96. The highest BCUT2D eigenvalue weighted by atomic mass is 32.2. The summed E-state index contributed by atoms with van der Waals surface area (Å²) in [5, 5.41) is 0.221. The molecule has 0 fully saturated rings. The summed E-state index contributed by atoms with van der Waals surface area (Å²) >= 11 is 0. The summed E-state index contributed by atoms with van der Waals surface area (Å²) in [6.45, 7) is 0. The number of benzene rings is 2. The fourth-order valence-corrected chi connectivity index (χ4v) is 2.93. The second kappa shape index (κ2) is 8.05. The first-order valence-electron chi connectivity index (χ1n) is 7.59. The van der Waals surface area contributed by atoms with Crippen molar-refractivity contribution < 1.29 is 48.3 Å². The van der Waals surface area contributed by atoms with Gasteiger partial charge in [0.25, 0.3) is 15.9 Å². The minimum atomic E-state index is -5.40. The van der Waals surface area contributed by atoms with Gasteiger partial charge in [-0.1, -0.05) is 0 Å². The van der Waals surface area contributed by atoms with Crippen LogP contribution in [0.5, 0.6) is 0 Å². The van der Waals surface area contributed by atoms with Crippen LogP contribution in [0.1, 0.15) is 27.0 Å². The van der Waals surface area contributed by atoms with E-state index in [9.17, 15) is 48.3 Å². The predicted molar refractivity (Wildman–Crippen MR) is 88.2 cm³/mol. The van der Waals surface area contributed by atoms with Gasteiger partial charge in [0, 0.05) is 11.6 Å². The van der Waals surface area contributed by atoms with Crippen molar-refractivity contribution in [2.75, 3.05) is 0 Å². The highest BCUT2D eigenvalue weighted by Gasteiger charge is 2.39. The van der Waals surface area contributed by atoms with Crippen LogP contribution in [-0.4, -0.2) is 14.3 Å². The number of hydrogen-bond donors (Lipinski definition) is 1. The van der Waals surface area contributed by atoms with Crippen molar-refractivity contribution in [3.63, 3.8) is 0 Å². The molecule has 0 radical (unpaired) electrons. The summed E-state index contributed by atoms with van der Waals surface area (Å²) in [6, 6.07) is 2.12. The Kier molecular flexibility index (Phi) is 6.26. The van der Waals surface area contributed by atoms with Gasteiger partial charge in [-0.15, -0.1) is 0 Å².